The van der Waals surface area contributed by atoms with E-state index >= 15 is 0 Å². The van der Waals surface area contributed by atoms with Gasteiger partial charge in [0.05, 0.1) is 15.5 Å². The number of nitrogens with one attached hydrogen (secondary N) is 2. The van der Waals surface area contributed by atoms with Crippen LogP contribution in [0.2, 0.25) is 0 Å². The molecule has 1 amide bonds. The van der Waals surface area contributed by atoms with Crippen molar-refractivity contribution in [1.82, 2.24) is 4.31 Å². The molecule has 0 atom stereocenters. The van der Waals surface area contributed by atoms with Gasteiger partial charge in [0.1, 0.15) is 26.8 Å². The predicted octanol–water partition coefficient (Wildman–Crippen LogP) is -5.52. The standard InChI is InChI=1S/C19H23N3O10S3.2Na/c1-22(2)35(30,31)21-16-9-7-14(18(11-16)34(27,28)29)5-4-13-6-8-15(20-19(23)12-32-3)10-17(13)33(24,25)26;;/h4-11,21H,12H2,1-3H3,(H,20,23)(H,24,25,26)(H,27,28,29);;/q;2*+1/p-2. The second-order valence-corrected chi connectivity index (χ2v) is 11.7. The Hall–Kier alpha value is -0.860. The topological polar surface area (TPSA) is 202 Å². The van der Waals surface area contributed by atoms with E-state index in [0.717, 1.165) is 34.7 Å². The van der Waals surface area contributed by atoms with Gasteiger partial charge in [-0.3, -0.25) is 9.52 Å². The van der Waals surface area contributed by atoms with Crippen molar-refractivity contribution < 1.29 is 103 Å². The fraction of sp³-hybridized carbons (Fsp3) is 0.211. The number of anilines is 2. The molecular formula is C19H21N3Na2O10S3. The first-order chi connectivity index (χ1) is 16.0. The molecule has 18 heteroatoms. The molecule has 0 bridgehead atoms. The fourth-order valence-electron chi connectivity index (χ4n) is 2.67. The minimum Gasteiger partial charge on any atom is -0.744 e. The van der Waals surface area contributed by atoms with Gasteiger partial charge in [-0.2, -0.15) is 12.7 Å². The first kappa shape index (κ1) is 36.1. The van der Waals surface area contributed by atoms with Crippen molar-refractivity contribution in [2.24, 2.45) is 0 Å². The van der Waals surface area contributed by atoms with Gasteiger partial charge in [-0.15, -0.1) is 0 Å². The largest absolute Gasteiger partial charge is 1.00 e. The van der Waals surface area contributed by atoms with Crippen LogP contribution >= 0.6 is 0 Å². The molecule has 2 aromatic rings. The van der Waals surface area contributed by atoms with Crippen molar-refractivity contribution >= 4 is 59.9 Å². The summed E-state index contributed by atoms with van der Waals surface area (Å²) in [5.74, 6) is -0.597. The molecule has 0 aromatic heterocycles. The number of nitrogens with zero attached hydrogens (tertiary/aromatic N) is 1. The quantitative estimate of drug-likeness (QED) is 0.152. The van der Waals surface area contributed by atoms with Crippen molar-refractivity contribution in [1.29, 1.82) is 0 Å². The van der Waals surface area contributed by atoms with E-state index in [1.807, 2.05) is 0 Å². The van der Waals surface area contributed by atoms with Crippen LogP contribution in [0.25, 0.3) is 12.2 Å². The van der Waals surface area contributed by atoms with Crippen LogP contribution in [-0.4, -0.2) is 72.4 Å². The van der Waals surface area contributed by atoms with E-state index in [1.54, 1.807) is 0 Å². The summed E-state index contributed by atoms with van der Waals surface area (Å²) in [5, 5.41) is 2.35. The average Bonchev–Trinajstić information content (AvgIpc) is 2.71. The first-order valence-electron chi connectivity index (χ1n) is 9.41. The minimum atomic E-state index is -5.09. The van der Waals surface area contributed by atoms with Gasteiger partial charge >= 0.3 is 69.3 Å². The van der Waals surface area contributed by atoms with E-state index in [4.69, 9.17) is 0 Å². The number of methoxy groups -OCH3 is 1. The zero-order valence-electron chi connectivity index (χ0n) is 20.6. The molecule has 0 unspecified atom stereocenters. The summed E-state index contributed by atoms with van der Waals surface area (Å²) in [6.07, 6.45) is 2.15. The predicted molar refractivity (Wildman–Crippen MR) is 124 cm³/mol. The summed E-state index contributed by atoms with van der Waals surface area (Å²) < 4.78 is 102. The average molecular weight is 594 g/mol. The van der Waals surface area contributed by atoms with Crippen molar-refractivity contribution in [3.63, 3.8) is 0 Å². The Labute approximate surface area is 259 Å². The monoisotopic (exact) mass is 593 g/mol. The van der Waals surface area contributed by atoms with Crippen LogP contribution in [0.1, 0.15) is 11.1 Å². The Morgan fingerprint density at radius 3 is 1.70 bits per heavy atom. The van der Waals surface area contributed by atoms with Gasteiger partial charge in [0.25, 0.3) is 0 Å². The zero-order chi connectivity index (χ0) is 26.6. The van der Waals surface area contributed by atoms with Crippen LogP contribution in [0, 0.1) is 0 Å². The molecule has 2 rings (SSSR count). The van der Waals surface area contributed by atoms with Gasteiger partial charge in [-0.05, 0) is 35.4 Å². The summed E-state index contributed by atoms with van der Waals surface area (Å²) in [7, 11) is -10.4. The first-order valence-corrected chi connectivity index (χ1v) is 13.7. The molecule has 0 aliphatic carbocycles. The maximum absolute atomic E-state index is 12.0. The van der Waals surface area contributed by atoms with E-state index in [-0.39, 0.29) is 88.2 Å². The van der Waals surface area contributed by atoms with Crippen LogP contribution in [0.15, 0.2) is 46.2 Å². The zero-order valence-corrected chi connectivity index (χ0v) is 27.0. The van der Waals surface area contributed by atoms with Crippen LogP contribution < -0.4 is 69.2 Å². The van der Waals surface area contributed by atoms with Crippen LogP contribution in [0.4, 0.5) is 11.4 Å². The molecular weight excluding hydrogens is 572 g/mol. The molecule has 2 N–H and O–H groups in total. The van der Waals surface area contributed by atoms with Crippen molar-refractivity contribution in [3.8, 4) is 0 Å². The van der Waals surface area contributed by atoms with E-state index in [0.29, 0.717) is 0 Å². The second kappa shape index (κ2) is 14.5. The third kappa shape index (κ3) is 10.7. The normalized spacial score (nSPS) is 12.1. The number of benzene rings is 2. The Balaban J connectivity index is 0.00000648. The number of hydrogen-bond donors (Lipinski definition) is 2. The maximum Gasteiger partial charge on any atom is 1.00 e. The number of hydrogen-bond acceptors (Lipinski definition) is 10. The van der Waals surface area contributed by atoms with E-state index in [1.165, 1.54) is 39.4 Å². The van der Waals surface area contributed by atoms with Crippen LogP contribution in [-0.2, 0) is 40.0 Å². The van der Waals surface area contributed by atoms with Gasteiger partial charge in [-0.25, -0.2) is 16.8 Å². The number of carbonyl (C=O) groups is 1. The Morgan fingerprint density at radius 1 is 0.865 bits per heavy atom. The van der Waals surface area contributed by atoms with E-state index < -0.39 is 46.1 Å². The fourth-order valence-corrected chi connectivity index (χ4v) is 4.67. The van der Waals surface area contributed by atoms with Crippen molar-refractivity contribution in [2.75, 3.05) is 37.9 Å². The van der Waals surface area contributed by atoms with E-state index in [9.17, 15) is 39.2 Å². The molecule has 37 heavy (non-hydrogen) atoms. The summed E-state index contributed by atoms with van der Waals surface area (Å²) in [6, 6.07) is 6.53. The number of ether oxygens (including phenoxy) is 1. The van der Waals surface area contributed by atoms with Crippen molar-refractivity contribution in [3.05, 3.63) is 47.5 Å². The molecule has 0 heterocycles. The van der Waals surface area contributed by atoms with Gasteiger partial charge < -0.3 is 19.2 Å². The molecule has 0 aliphatic rings. The summed E-state index contributed by atoms with van der Waals surface area (Å²) >= 11 is 0. The maximum atomic E-state index is 12.0. The summed E-state index contributed by atoms with van der Waals surface area (Å²) in [5.41, 5.74) is -0.556. The Kier molecular flexibility index (Phi) is 14.2. The molecule has 0 saturated heterocycles. The van der Waals surface area contributed by atoms with Gasteiger partial charge in [-0.1, -0.05) is 24.3 Å². The molecule has 13 nitrogen and oxygen atoms in total. The summed E-state index contributed by atoms with van der Waals surface area (Å²) in [6.45, 7) is -0.311. The third-order valence-corrected chi connectivity index (χ3v) is 7.53. The number of rotatable bonds is 10. The molecule has 0 fully saturated rings. The molecule has 0 radical (unpaired) electrons. The van der Waals surface area contributed by atoms with Gasteiger partial charge in [0.15, 0.2) is 0 Å². The molecule has 0 aliphatic heterocycles. The van der Waals surface area contributed by atoms with E-state index in [2.05, 4.69) is 14.8 Å². The number of carbonyl (C=O) groups excluding carboxylic acids is 1. The minimum absolute atomic E-state index is 0. The number of amides is 1. The molecule has 192 valence electrons. The van der Waals surface area contributed by atoms with Crippen molar-refractivity contribution in [2.45, 2.75) is 9.79 Å². The third-order valence-electron chi connectivity index (χ3n) is 4.29. The molecule has 0 spiro atoms. The SMILES string of the molecule is COCC(=O)Nc1ccc(C=Cc2ccc(NS(=O)(=O)N(C)C)cc2S(=O)(=O)[O-])c(S(=O)(=O)[O-])c1.[Na+].[Na+]. The second-order valence-electron chi connectivity index (χ2n) is 7.12. The van der Waals surface area contributed by atoms with Gasteiger partial charge in [0.2, 0.25) is 5.91 Å². The van der Waals surface area contributed by atoms with Gasteiger partial charge in [0, 0.05) is 26.9 Å². The molecule has 0 saturated carbocycles. The Morgan fingerprint density at radius 2 is 1.30 bits per heavy atom. The Bertz CT molecular complexity index is 1480. The smallest absolute Gasteiger partial charge is 0.744 e. The van der Waals surface area contributed by atoms with Crippen LogP contribution in [0.3, 0.4) is 0 Å². The summed E-state index contributed by atoms with van der Waals surface area (Å²) in [4.78, 5) is 10.1. The van der Waals surface area contributed by atoms with Crippen LogP contribution in [0.5, 0.6) is 0 Å². The molecule has 2 aromatic carbocycles.